The summed E-state index contributed by atoms with van der Waals surface area (Å²) >= 11 is 0. The van der Waals surface area contributed by atoms with E-state index < -0.39 is 59.9 Å². The first-order valence-electron chi connectivity index (χ1n) is 19.7. The van der Waals surface area contributed by atoms with Crippen LogP contribution < -0.4 is 43.4 Å². The lowest BCUT2D eigenvalue weighted by Gasteiger charge is -2.31. The highest BCUT2D eigenvalue weighted by Crippen LogP contribution is 2.21. The molecule has 1 radical (unpaired) electrons. The van der Waals surface area contributed by atoms with Crippen molar-refractivity contribution >= 4 is 47.9 Å². The molecule has 4 rings (SSSR count). The van der Waals surface area contributed by atoms with Gasteiger partial charge in [0.1, 0.15) is 36.8 Å². The van der Waals surface area contributed by atoms with Gasteiger partial charge in [0.2, 0.25) is 29.9 Å². The smallest absolute Gasteiger partial charge is 0.408 e. The number of H-pyrrole nitrogens is 1. The van der Waals surface area contributed by atoms with Crippen molar-refractivity contribution in [1.82, 2.24) is 46.8 Å². The van der Waals surface area contributed by atoms with E-state index in [9.17, 15) is 28.8 Å². The second kappa shape index (κ2) is 24.1. The minimum Gasteiger partial charge on any atom is -0.445 e. The standard InChI is InChI=1S/C40H54N13O7/c41-38(42)46-17-7-14-30(52-40(59)60-24-27-12-5-2-6-13-27)34(55)50-31(15-8-18-47-39(43)44)37(58)53-19-9-16-33(53)36(57)51-32(20-26-10-3-1-4-11-26)35(56)49-29(23-54)21-28-22-45-25-48-28/h1-6,10-13,22,25,29-33H,7-9,14-21,24H2,(H,45,48)(H,49,56)(H,50,55)(H,51,57)(H,52,59)(H4,41,42,46)(H4,43,44,47). The molecule has 5 unspecified atom stereocenters. The van der Waals surface area contributed by atoms with Gasteiger partial charge in [-0.25, -0.2) is 9.78 Å². The molecule has 3 aromatic rings. The van der Waals surface area contributed by atoms with Crippen LogP contribution >= 0.6 is 0 Å². The first-order valence-corrected chi connectivity index (χ1v) is 19.7. The SMILES string of the molecule is N=C(N)NCCCC(NC(=O)OCc1ccccc1)C(=O)NC(CCCNC(=N)N)C(=O)N1CCCC1C(=O)NC(Cc1ccccc1)C(=O)NC([C]=O)Cc1c[nH]cn1. The normalized spacial score (nSPS) is 15.3. The zero-order valence-electron chi connectivity index (χ0n) is 33.2. The summed E-state index contributed by atoms with van der Waals surface area (Å²) < 4.78 is 5.35. The van der Waals surface area contributed by atoms with Gasteiger partial charge in [-0.05, 0) is 49.7 Å². The van der Waals surface area contributed by atoms with Gasteiger partial charge in [-0.3, -0.25) is 34.8 Å². The number of benzene rings is 2. The maximum Gasteiger partial charge on any atom is 0.408 e. The van der Waals surface area contributed by atoms with E-state index in [1.807, 2.05) is 18.4 Å². The van der Waals surface area contributed by atoms with Crippen LogP contribution in [0, 0.1) is 10.8 Å². The number of rotatable bonds is 23. The number of aromatic nitrogens is 2. The van der Waals surface area contributed by atoms with Gasteiger partial charge in [0.25, 0.3) is 0 Å². The van der Waals surface area contributed by atoms with Crippen LogP contribution in [-0.2, 0) is 48.2 Å². The molecule has 0 spiro atoms. The number of amides is 5. The number of guanidine groups is 2. The van der Waals surface area contributed by atoms with Crippen molar-refractivity contribution in [3.63, 3.8) is 0 Å². The summed E-state index contributed by atoms with van der Waals surface area (Å²) in [5.41, 5.74) is 12.9. The van der Waals surface area contributed by atoms with Crippen molar-refractivity contribution in [2.24, 2.45) is 11.5 Å². The molecule has 1 aliphatic heterocycles. The van der Waals surface area contributed by atoms with Gasteiger partial charge < -0.3 is 58.0 Å². The number of hydrogen-bond donors (Lipinski definition) is 11. The van der Waals surface area contributed by atoms with Gasteiger partial charge in [0, 0.05) is 38.7 Å². The zero-order chi connectivity index (χ0) is 43.3. The fourth-order valence-corrected chi connectivity index (χ4v) is 6.60. The zero-order valence-corrected chi connectivity index (χ0v) is 33.2. The Morgan fingerprint density at radius 3 is 2.03 bits per heavy atom. The van der Waals surface area contributed by atoms with E-state index in [1.54, 1.807) is 54.7 Å². The minimum atomic E-state index is -1.17. The van der Waals surface area contributed by atoms with Crippen molar-refractivity contribution in [2.45, 2.75) is 88.2 Å². The van der Waals surface area contributed by atoms with E-state index in [0.717, 1.165) is 11.1 Å². The summed E-state index contributed by atoms with van der Waals surface area (Å²) in [5, 5.41) is 31.1. The Balaban J connectivity index is 1.50. The number of aromatic amines is 1. The van der Waals surface area contributed by atoms with E-state index >= 15 is 0 Å². The highest BCUT2D eigenvalue weighted by Gasteiger charge is 2.39. The molecule has 0 aliphatic carbocycles. The molecule has 1 saturated heterocycles. The molecule has 5 amide bonds. The average molecular weight is 829 g/mol. The Labute approximate surface area is 347 Å². The van der Waals surface area contributed by atoms with Crippen LogP contribution in [0.2, 0.25) is 0 Å². The van der Waals surface area contributed by atoms with Crippen LogP contribution in [0.1, 0.15) is 55.3 Å². The molecule has 1 fully saturated rings. The molecule has 20 heteroatoms. The largest absolute Gasteiger partial charge is 0.445 e. The van der Waals surface area contributed by atoms with Crippen molar-refractivity contribution < 1.29 is 33.5 Å². The van der Waals surface area contributed by atoms with Crippen LogP contribution in [0.25, 0.3) is 0 Å². The number of likely N-dealkylation sites (tertiary alicyclic amines) is 1. The topological polar surface area (TPSA) is 315 Å². The molecule has 2 aromatic carbocycles. The molecule has 5 atom stereocenters. The summed E-state index contributed by atoms with van der Waals surface area (Å²) in [6.07, 6.45) is 5.63. The summed E-state index contributed by atoms with van der Waals surface area (Å²) in [5.74, 6) is -3.02. The van der Waals surface area contributed by atoms with Gasteiger partial charge in [0.05, 0.1) is 12.0 Å². The molecular weight excluding hydrogens is 775 g/mol. The van der Waals surface area contributed by atoms with Crippen molar-refractivity contribution in [3.05, 3.63) is 90.0 Å². The third-order valence-electron chi connectivity index (χ3n) is 9.59. The van der Waals surface area contributed by atoms with Gasteiger partial charge >= 0.3 is 6.09 Å². The molecule has 1 aromatic heterocycles. The van der Waals surface area contributed by atoms with Gasteiger partial charge in [-0.1, -0.05) is 60.7 Å². The van der Waals surface area contributed by atoms with Gasteiger partial charge in [0.15, 0.2) is 11.9 Å². The van der Waals surface area contributed by atoms with Crippen LogP contribution in [0.4, 0.5) is 4.79 Å². The van der Waals surface area contributed by atoms with E-state index in [4.69, 9.17) is 27.0 Å². The third kappa shape index (κ3) is 15.4. The first-order chi connectivity index (χ1) is 28.9. The molecule has 1 aliphatic rings. The Morgan fingerprint density at radius 2 is 1.43 bits per heavy atom. The maximum absolute atomic E-state index is 14.4. The second-order valence-electron chi connectivity index (χ2n) is 14.2. The number of carbonyl (C=O) groups excluding carboxylic acids is 6. The predicted octanol–water partition coefficient (Wildman–Crippen LogP) is -0.428. The molecule has 0 saturated carbocycles. The predicted molar refractivity (Wildman–Crippen MR) is 221 cm³/mol. The number of hydrogen-bond acceptors (Lipinski definition) is 10. The van der Waals surface area contributed by atoms with E-state index in [1.165, 1.54) is 11.2 Å². The Bertz CT molecular complexity index is 1880. The van der Waals surface area contributed by atoms with Gasteiger partial charge in [-0.2, -0.15) is 0 Å². The maximum atomic E-state index is 14.4. The lowest BCUT2D eigenvalue weighted by Crippen LogP contribution is -2.58. The molecular formula is C40H54N13O7. The number of nitrogens with one attached hydrogen (secondary N) is 9. The number of carbonyl (C=O) groups is 5. The quantitative estimate of drug-likeness (QED) is 0.0330. The van der Waals surface area contributed by atoms with E-state index in [-0.39, 0.29) is 76.7 Å². The molecule has 0 bridgehead atoms. The van der Waals surface area contributed by atoms with Crippen LogP contribution in [-0.4, -0.2) is 113 Å². The summed E-state index contributed by atoms with van der Waals surface area (Å²) in [4.78, 5) is 89.0. The Morgan fingerprint density at radius 1 is 0.817 bits per heavy atom. The highest BCUT2D eigenvalue weighted by molar-refractivity contribution is 5.96. The lowest BCUT2D eigenvalue weighted by atomic mass is 10.0. The Hall–Kier alpha value is -6.99. The number of ether oxygens (including phenoxy) is 1. The summed E-state index contributed by atoms with van der Waals surface area (Å²) in [6.45, 7) is 0.564. The lowest BCUT2D eigenvalue weighted by molar-refractivity contribution is -0.142. The van der Waals surface area contributed by atoms with Crippen molar-refractivity contribution in [2.75, 3.05) is 19.6 Å². The summed E-state index contributed by atoms with van der Waals surface area (Å²) in [7, 11) is 0. The second-order valence-corrected chi connectivity index (χ2v) is 14.2. The minimum absolute atomic E-state index is 0.0510. The average Bonchev–Trinajstić information content (AvgIpc) is 3.95. The fraction of sp³-hybridized carbons (Fsp3) is 0.425. The molecule has 20 nitrogen and oxygen atoms in total. The Kier molecular flexibility index (Phi) is 18.3. The van der Waals surface area contributed by atoms with Crippen molar-refractivity contribution in [3.8, 4) is 0 Å². The third-order valence-corrected chi connectivity index (χ3v) is 9.59. The number of alkyl carbamates (subject to hydrolysis) is 1. The van der Waals surface area contributed by atoms with Crippen LogP contribution in [0.5, 0.6) is 0 Å². The molecule has 321 valence electrons. The first kappa shape index (κ1) is 45.7. The highest BCUT2D eigenvalue weighted by atomic mass is 16.5. The molecule has 2 heterocycles. The van der Waals surface area contributed by atoms with Crippen LogP contribution in [0.3, 0.4) is 0 Å². The molecule has 60 heavy (non-hydrogen) atoms. The van der Waals surface area contributed by atoms with E-state index in [2.05, 4.69) is 41.9 Å². The van der Waals surface area contributed by atoms with Crippen LogP contribution in [0.15, 0.2) is 73.2 Å². The fourth-order valence-electron chi connectivity index (χ4n) is 6.60. The number of imidazole rings is 1. The molecule has 13 N–H and O–H groups in total. The van der Waals surface area contributed by atoms with Gasteiger partial charge in [-0.15, -0.1) is 0 Å². The summed E-state index contributed by atoms with van der Waals surface area (Å²) in [6, 6.07) is 12.4. The van der Waals surface area contributed by atoms with E-state index in [0.29, 0.717) is 18.5 Å². The van der Waals surface area contributed by atoms with Crippen molar-refractivity contribution in [1.29, 1.82) is 10.8 Å². The number of nitrogens with two attached hydrogens (primary N) is 2. The monoisotopic (exact) mass is 828 g/mol. The number of nitrogens with zero attached hydrogens (tertiary/aromatic N) is 2.